The summed E-state index contributed by atoms with van der Waals surface area (Å²) in [4.78, 5) is 0. The van der Waals surface area contributed by atoms with E-state index >= 15 is 0 Å². The Hall–Kier alpha value is -0.0800. The topological polar surface area (TPSA) is 27.5 Å². The second kappa shape index (κ2) is 4.97. The highest BCUT2D eigenvalue weighted by atomic mass is 16.5. The van der Waals surface area contributed by atoms with Crippen LogP contribution in [0.1, 0.15) is 58.3 Å². The predicted molar refractivity (Wildman–Crippen MR) is 55.6 cm³/mol. The van der Waals surface area contributed by atoms with E-state index in [9.17, 15) is 5.21 Å². The predicted octanol–water partition coefficient (Wildman–Crippen LogP) is 1.89. The Morgan fingerprint density at radius 3 is 1.69 bits per heavy atom. The van der Waals surface area contributed by atoms with Crippen molar-refractivity contribution in [2.24, 2.45) is 0 Å². The summed E-state index contributed by atoms with van der Waals surface area (Å²) in [6, 6.07) is 0. The number of rotatable bonds is 1. The average molecular weight is 185 g/mol. The van der Waals surface area contributed by atoms with Gasteiger partial charge in [0.15, 0.2) is 0 Å². The van der Waals surface area contributed by atoms with Gasteiger partial charge in [-0.1, -0.05) is 25.7 Å². The van der Waals surface area contributed by atoms with Crippen molar-refractivity contribution in [1.82, 2.24) is 0 Å². The Morgan fingerprint density at radius 2 is 1.31 bits per heavy atom. The highest BCUT2D eigenvalue weighted by Gasteiger charge is 2.28. The zero-order chi connectivity index (χ0) is 9.73. The fourth-order valence-corrected chi connectivity index (χ4v) is 2.21. The first kappa shape index (κ1) is 11.0. The summed E-state index contributed by atoms with van der Waals surface area (Å²) < 4.78 is 0. The second-order valence-electron chi connectivity index (χ2n) is 4.74. The van der Waals surface area contributed by atoms with Crippen LogP contribution in [0, 0.1) is 5.21 Å². The molecule has 1 unspecified atom stereocenters. The van der Waals surface area contributed by atoms with Gasteiger partial charge in [0, 0.05) is 12.8 Å². The molecule has 1 N–H and O–H groups in total. The van der Waals surface area contributed by atoms with E-state index in [-0.39, 0.29) is 5.54 Å². The van der Waals surface area contributed by atoms with Crippen molar-refractivity contribution >= 4 is 0 Å². The van der Waals surface area contributed by atoms with Crippen molar-refractivity contribution in [3.05, 3.63) is 5.21 Å². The monoisotopic (exact) mass is 185 g/mol. The third kappa shape index (κ3) is 3.28. The molecule has 0 spiro atoms. The van der Waals surface area contributed by atoms with E-state index in [0.29, 0.717) is 5.06 Å². The van der Waals surface area contributed by atoms with Crippen LogP contribution in [0.2, 0.25) is 0 Å². The van der Waals surface area contributed by atoms with Crippen molar-refractivity contribution < 1.29 is 5.06 Å². The van der Waals surface area contributed by atoms with Gasteiger partial charge in [-0.25, -0.2) is 0 Å². The van der Waals surface area contributed by atoms with Gasteiger partial charge in [0.25, 0.3) is 0 Å². The number of hydrogen-bond acceptors (Lipinski definition) is 1. The minimum Gasteiger partial charge on any atom is -0.634 e. The van der Waals surface area contributed by atoms with Crippen LogP contribution in [0.4, 0.5) is 0 Å². The lowest BCUT2D eigenvalue weighted by Gasteiger charge is -2.38. The van der Waals surface area contributed by atoms with Crippen LogP contribution < -0.4 is 5.06 Å². The largest absolute Gasteiger partial charge is 0.634 e. The maximum Gasteiger partial charge on any atom is 0.0943 e. The maximum atomic E-state index is 11.5. The van der Waals surface area contributed by atoms with E-state index < -0.39 is 0 Å². The van der Waals surface area contributed by atoms with E-state index in [1.165, 1.54) is 38.5 Å². The van der Waals surface area contributed by atoms with Gasteiger partial charge in [0.1, 0.15) is 0 Å². The molecule has 1 atom stereocenters. The molecule has 0 amide bonds. The molecular formula is C11H23NO. The quantitative estimate of drug-likeness (QED) is 0.621. The number of hydroxylamine groups is 2. The zero-order valence-corrected chi connectivity index (χ0v) is 9.07. The Morgan fingerprint density at radius 1 is 0.923 bits per heavy atom. The summed E-state index contributed by atoms with van der Waals surface area (Å²) in [5.74, 6) is 0. The first-order valence-corrected chi connectivity index (χ1v) is 5.66. The first-order valence-electron chi connectivity index (χ1n) is 5.66. The molecule has 0 bridgehead atoms. The van der Waals surface area contributed by atoms with Crippen molar-refractivity contribution in [1.29, 1.82) is 0 Å². The van der Waals surface area contributed by atoms with Crippen LogP contribution in [0.15, 0.2) is 0 Å². The molecule has 13 heavy (non-hydrogen) atoms. The van der Waals surface area contributed by atoms with Crippen molar-refractivity contribution in [3.8, 4) is 0 Å². The average Bonchev–Trinajstić information content (AvgIpc) is 2.18. The third-order valence-electron chi connectivity index (χ3n) is 3.56. The molecule has 1 rings (SSSR count). The van der Waals surface area contributed by atoms with Crippen molar-refractivity contribution in [3.63, 3.8) is 0 Å². The summed E-state index contributed by atoms with van der Waals surface area (Å²) >= 11 is 0. The van der Waals surface area contributed by atoms with Crippen LogP contribution in [-0.2, 0) is 0 Å². The summed E-state index contributed by atoms with van der Waals surface area (Å²) in [5.41, 5.74) is 0.00431. The Labute approximate surface area is 81.9 Å². The molecule has 78 valence electrons. The van der Waals surface area contributed by atoms with Crippen LogP contribution in [-0.4, -0.2) is 12.6 Å². The Kier molecular flexibility index (Phi) is 4.20. The minimum absolute atomic E-state index is 0.00431. The molecule has 0 aromatic heterocycles. The molecule has 0 aromatic carbocycles. The normalized spacial score (nSPS) is 27.0. The van der Waals surface area contributed by atoms with E-state index in [0.717, 1.165) is 12.8 Å². The minimum atomic E-state index is 0.00431. The summed E-state index contributed by atoms with van der Waals surface area (Å²) in [6.07, 6.45) is 10.1. The maximum absolute atomic E-state index is 11.5. The molecule has 0 saturated heterocycles. The smallest absolute Gasteiger partial charge is 0.0943 e. The van der Waals surface area contributed by atoms with Crippen molar-refractivity contribution in [2.75, 3.05) is 7.05 Å². The highest BCUT2D eigenvalue weighted by molar-refractivity contribution is 4.74. The van der Waals surface area contributed by atoms with E-state index in [1.807, 2.05) is 0 Å². The standard InChI is InChI=1S/C11H23NO/c1-11(12(2)13)9-7-5-3-4-6-8-10-11/h12H,3-10H2,1-2H3. The van der Waals surface area contributed by atoms with E-state index in [2.05, 4.69) is 6.92 Å². The molecule has 2 nitrogen and oxygen atoms in total. The Balaban J connectivity index is 2.49. The Bertz CT molecular complexity index is 135. The van der Waals surface area contributed by atoms with Gasteiger partial charge in [0.05, 0.1) is 12.6 Å². The van der Waals surface area contributed by atoms with Crippen LogP contribution in [0.3, 0.4) is 0 Å². The third-order valence-corrected chi connectivity index (χ3v) is 3.56. The highest BCUT2D eigenvalue weighted by Crippen LogP contribution is 2.22. The lowest BCUT2D eigenvalue weighted by molar-refractivity contribution is -0.884. The lowest BCUT2D eigenvalue weighted by atomic mass is 9.90. The van der Waals surface area contributed by atoms with Gasteiger partial charge in [0.2, 0.25) is 0 Å². The van der Waals surface area contributed by atoms with Crippen LogP contribution in [0.25, 0.3) is 0 Å². The number of nitrogens with one attached hydrogen (secondary N) is 1. The first-order chi connectivity index (χ1) is 6.15. The van der Waals surface area contributed by atoms with E-state index in [1.54, 1.807) is 7.05 Å². The molecule has 1 aliphatic rings. The van der Waals surface area contributed by atoms with Gasteiger partial charge in [-0.05, 0) is 19.8 Å². The SMILES string of the molecule is C[NH+]([O-])C1(C)CCCCCCCC1. The molecule has 0 heterocycles. The fraction of sp³-hybridized carbons (Fsp3) is 1.00. The lowest BCUT2D eigenvalue weighted by Crippen LogP contribution is -3.13. The molecule has 2 heteroatoms. The number of quaternary nitrogens is 1. The van der Waals surface area contributed by atoms with Gasteiger partial charge in [-0.3, -0.25) is 0 Å². The van der Waals surface area contributed by atoms with Gasteiger partial charge in [-0.15, -0.1) is 0 Å². The molecule has 0 aliphatic heterocycles. The molecule has 1 aliphatic carbocycles. The second-order valence-corrected chi connectivity index (χ2v) is 4.74. The summed E-state index contributed by atoms with van der Waals surface area (Å²) in [5, 5.41) is 11.9. The van der Waals surface area contributed by atoms with Crippen molar-refractivity contribution in [2.45, 2.75) is 63.8 Å². The zero-order valence-electron chi connectivity index (χ0n) is 9.07. The van der Waals surface area contributed by atoms with Gasteiger partial charge in [-0.2, -0.15) is 0 Å². The molecule has 0 aromatic rings. The van der Waals surface area contributed by atoms with Crippen LogP contribution in [0.5, 0.6) is 0 Å². The van der Waals surface area contributed by atoms with Crippen LogP contribution >= 0.6 is 0 Å². The van der Waals surface area contributed by atoms with Gasteiger partial charge >= 0.3 is 0 Å². The molecule has 1 saturated carbocycles. The summed E-state index contributed by atoms with van der Waals surface area (Å²) in [7, 11) is 1.76. The van der Waals surface area contributed by atoms with Gasteiger partial charge < -0.3 is 10.3 Å². The number of hydrogen-bond donors (Lipinski definition) is 1. The molecule has 0 radical (unpaired) electrons. The molecular weight excluding hydrogens is 162 g/mol. The molecule has 1 fully saturated rings. The van der Waals surface area contributed by atoms with E-state index in [4.69, 9.17) is 0 Å². The fourth-order valence-electron chi connectivity index (χ4n) is 2.21. The summed E-state index contributed by atoms with van der Waals surface area (Å²) in [6.45, 7) is 2.15.